The lowest BCUT2D eigenvalue weighted by molar-refractivity contribution is -0.167. The molecule has 1 atom stereocenters. The van der Waals surface area contributed by atoms with Gasteiger partial charge in [-0.15, -0.1) is 0 Å². The molecule has 0 heterocycles. The summed E-state index contributed by atoms with van der Waals surface area (Å²) in [7, 11) is 0. The van der Waals surface area contributed by atoms with Crippen LogP contribution in [0.2, 0.25) is 0 Å². The minimum absolute atomic E-state index is 0.0866. The molecular formula is C61H108O6. The molecule has 0 spiro atoms. The van der Waals surface area contributed by atoms with Crippen LogP contribution < -0.4 is 0 Å². The zero-order valence-electron chi connectivity index (χ0n) is 44.4. The maximum Gasteiger partial charge on any atom is 0.306 e. The molecule has 0 saturated heterocycles. The number of ether oxygens (including phenoxy) is 3. The van der Waals surface area contributed by atoms with Gasteiger partial charge in [-0.3, -0.25) is 14.4 Å². The van der Waals surface area contributed by atoms with Crippen molar-refractivity contribution in [3.05, 3.63) is 60.8 Å². The van der Waals surface area contributed by atoms with Crippen LogP contribution in [0.15, 0.2) is 60.8 Å². The maximum atomic E-state index is 12.9. The van der Waals surface area contributed by atoms with Crippen molar-refractivity contribution in [2.24, 2.45) is 0 Å². The molecule has 0 aliphatic heterocycles. The van der Waals surface area contributed by atoms with Crippen molar-refractivity contribution in [2.45, 2.75) is 297 Å². The van der Waals surface area contributed by atoms with E-state index in [0.29, 0.717) is 19.3 Å². The van der Waals surface area contributed by atoms with E-state index >= 15 is 0 Å². The molecule has 67 heavy (non-hydrogen) atoms. The van der Waals surface area contributed by atoms with Gasteiger partial charge in [0, 0.05) is 19.3 Å². The second-order valence-corrected chi connectivity index (χ2v) is 19.2. The van der Waals surface area contributed by atoms with E-state index in [2.05, 4.69) is 81.5 Å². The molecule has 0 aromatic rings. The standard InChI is InChI=1S/C61H108O6/c1-4-7-10-13-16-19-22-25-28-30-32-33-36-39-42-45-48-51-54-60(63)66-57-58(56-65-59(62)53-50-47-44-41-38-35-27-24-21-18-15-12-9-6-3)67-61(64)55-52-49-46-43-40-37-34-31-29-26-23-20-17-14-11-8-5-2/h9,12,18,21,26-27,29,32-33,35,58H,4-8,10-11,13-17,19-20,22-25,28,30-31,34,36-57H2,1-3H3/b12-9-,21-18-,29-26-,33-32-,35-27-. The predicted molar refractivity (Wildman–Crippen MR) is 288 cm³/mol. The monoisotopic (exact) mass is 937 g/mol. The Morgan fingerprint density at radius 3 is 0.925 bits per heavy atom. The quantitative estimate of drug-likeness (QED) is 0.0262. The summed E-state index contributed by atoms with van der Waals surface area (Å²) < 4.78 is 16.8. The Balaban J connectivity index is 4.40. The first kappa shape index (κ1) is 64.1. The lowest BCUT2D eigenvalue weighted by Crippen LogP contribution is -2.30. The van der Waals surface area contributed by atoms with Crippen LogP contribution in [0.3, 0.4) is 0 Å². The van der Waals surface area contributed by atoms with Crippen molar-refractivity contribution in [1.82, 2.24) is 0 Å². The number of hydrogen-bond donors (Lipinski definition) is 0. The topological polar surface area (TPSA) is 78.9 Å². The second-order valence-electron chi connectivity index (χ2n) is 19.2. The Hall–Kier alpha value is -2.89. The van der Waals surface area contributed by atoms with Crippen LogP contribution >= 0.6 is 0 Å². The average Bonchev–Trinajstić information content (AvgIpc) is 3.33. The molecule has 0 radical (unpaired) electrons. The van der Waals surface area contributed by atoms with E-state index in [4.69, 9.17) is 14.2 Å². The lowest BCUT2D eigenvalue weighted by atomic mass is 10.1. The molecule has 0 amide bonds. The van der Waals surface area contributed by atoms with Crippen LogP contribution in [0.5, 0.6) is 0 Å². The Morgan fingerprint density at radius 1 is 0.313 bits per heavy atom. The highest BCUT2D eigenvalue weighted by atomic mass is 16.6. The third-order valence-corrected chi connectivity index (χ3v) is 12.5. The van der Waals surface area contributed by atoms with Gasteiger partial charge in [-0.2, -0.15) is 0 Å². The summed E-state index contributed by atoms with van der Waals surface area (Å²) in [4.78, 5) is 38.1. The third-order valence-electron chi connectivity index (χ3n) is 12.5. The van der Waals surface area contributed by atoms with Crippen LogP contribution in [0.25, 0.3) is 0 Å². The minimum Gasteiger partial charge on any atom is -0.462 e. The van der Waals surface area contributed by atoms with Crippen LogP contribution in [-0.4, -0.2) is 37.2 Å². The van der Waals surface area contributed by atoms with Crippen LogP contribution in [0.4, 0.5) is 0 Å². The highest BCUT2D eigenvalue weighted by Gasteiger charge is 2.19. The molecule has 0 aliphatic carbocycles. The van der Waals surface area contributed by atoms with Crippen LogP contribution in [0, 0.1) is 0 Å². The summed E-state index contributed by atoms with van der Waals surface area (Å²) >= 11 is 0. The summed E-state index contributed by atoms with van der Waals surface area (Å²) in [6.45, 7) is 6.52. The molecule has 0 aliphatic rings. The molecule has 388 valence electrons. The fraction of sp³-hybridized carbons (Fsp3) is 0.787. The van der Waals surface area contributed by atoms with E-state index in [1.54, 1.807) is 0 Å². The Labute approximate surface area is 415 Å². The van der Waals surface area contributed by atoms with Gasteiger partial charge >= 0.3 is 17.9 Å². The second kappa shape index (κ2) is 55.7. The Morgan fingerprint density at radius 2 is 0.582 bits per heavy atom. The van der Waals surface area contributed by atoms with Crippen molar-refractivity contribution < 1.29 is 28.6 Å². The number of allylic oxidation sites excluding steroid dienone is 10. The lowest BCUT2D eigenvalue weighted by Gasteiger charge is -2.18. The van der Waals surface area contributed by atoms with Gasteiger partial charge in [-0.1, -0.05) is 229 Å². The normalized spacial score (nSPS) is 12.5. The summed E-state index contributed by atoms with van der Waals surface area (Å²) in [5, 5.41) is 0. The van der Waals surface area contributed by atoms with E-state index in [1.165, 1.54) is 154 Å². The van der Waals surface area contributed by atoms with E-state index < -0.39 is 6.10 Å². The van der Waals surface area contributed by atoms with Gasteiger partial charge in [0.15, 0.2) is 6.10 Å². The molecule has 6 nitrogen and oxygen atoms in total. The summed E-state index contributed by atoms with van der Waals surface area (Å²) in [5.41, 5.74) is 0. The number of hydrogen-bond acceptors (Lipinski definition) is 6. The first-order chi connectivity index (χ1) is 33.0. The van der Waals surface area contributed by atoms with Gasteiger partial charge in [0.1, 0.15) is 13.2 Å². The van der Waals surface area contributed by atoms with E-state index in [1.807, 2.05) is 0 Å². The van der Waals surface area contributed by atoms with Crippen LogP contribution in [-0.2, 0) is 28.6 Å². The highest BCUT2D eigenvalue weighted by Crippen LogP contribution is 2.15. The number of carbonyl (C=O) groups excluding carboxylic acids is 3. The molecule has 0 aromatic heterocycles. The number of rotatable bonds is 52. The molecule has 6 heteroatoms. The SMILES string of the molecule is CC/C=C\C/C=C\C/C=C\CCCCCCC(=O)OCC(COC(=O)CCCCCCC/C=C\CCCCCCCCCCC)OC(=O)CCCCCCCCC/C=C\CCCCCCCC. The van der Waals surface area contributed by atoms with E-state index in [0.717, 1.165) is 96.3 Å². The molecule has 0 saturated carbocycles. The van der Waals surface area contributed by atoms with Crippen LogP contribution in [0.1, 0.15) is 290 Å². The summed E-state index contributed by atoms with van der Waals surface area (Å²) in [5.74, 6) is -0.911. The van der Waals surface area contributed by atoms with Gasteiger partial charge < -0.3 is 14.2 Å². The van der Waals surface area contributed by atoms with Crippen molar-refractivity contribution in [3.8, 4) is 0 Å². The highest BCUT2D eigenvalue weighted by molar-refractivity contribution is 5.71. The van der Waals surface area contributed by atoms with Crippen molar-refractivity contribution in [1.29, 1.82) is 0 Å². The van der Waals surface area contributed by atoms with Gasteiger partial charge in [0.05, 0.1) is 0 Å². The Bertz CT molecular complexity index is 1210. The summed E-state index contributed by atoms with van der Waals surface area (Å²) in [6.07, 6.45) is 69.2. The zero-order valence-corrected chi connectivity index (χ0v) is 44.4. The molecular weight excluding hydrogens is 829 g/mol. The van der Waals surface area contributed by atoms with Crippen molar-refractivity contribution >= 4 is 17.9 Å². The molecule has 0 fully saturated rings. The number of carbonyl (C=O) groups is 3. The first-order valence-corrected chi connectivity index (χ1v) is 28.8. The minimum atomic E-state index is -0.789. The fourth-order valence-electron chi connectivity index (χ4n) is 8.15. The molecule has 1 unspecified atom stereocenters. The summed E-state index contributed by atoms with van der Waals surface area (Å²) in [6, 6.07) is 0. The molecule has 0 aromatic carbocycles. The smallest absolute Gasteiger partial charge is 0.306 e. The first-order valence-electron chi connectivity index (χ1n) is 28.8. The van der Waals surface area contributed by atoms with Crippen molar-refractivity contribution in [3.63, 3.8) is 0 Å². The molecule has 0 bridgehead atoms. The maximum absolute atomic E-state index is 12.9. The van der Waals surface area contributed by atoms with E-state index in [9.17, 15) is 14.4 Å². The predicted octanol–water partition coefficient (Wildman–Crippen LogP) is 19.2. The fourth-order valence-corrected chi connectivity index (χ4v) is 8.15. The van der Waals surface area contributed by atoms with Gasteiger partial charge in [-0.05, 0) is 103 Å². The number of unbranched alkanes of at least 4 members (excludes halogenated alkanes) is 31. The zero-order chi connectivity index (χ0) is 48.6. The van der Waals surface area contributed by atoms with Crippen molar-refractivity contribution in [2.75, 3.05) is 13.2 Å². The molecule has 0 N–H and O–H groups in total. The van der Waals surface area contributed by atoms with E-state index in [-0.39, 0.29) is 31.1 Å². The molecule has 0 rings (SSSR count). The average molecular weight is 938 g/mol. The Kier molecular flexibility index (Phi) is 53.3. The number of esters is 3. The van der Waals surface area contributed by atoms with Gasteiger partial charge in [-0.25, -0.2) is 0 Å². The third kappa shape index (κ3) is 53.9. The largest absolute Gasteiger partial charge is 0.462 e. The van der Waals surface area contributed by atoms with Gasteiger partial charge in [0.2, 0.25) is 0 Å². The van der Waals surface area contributed by atoms with Gasteiger partial charge in [0.25, 0.3) is 0 Å².